The summed E-state index contributed by atoms with van der Waals surface area (Å²) >= 11 is 5.88. The van der Waals surface area contributed by atoms with Crippen LogP contribution in [0.4, 0.5) is 5.69 Å². The Hall–Kier alpha value is -2.08. The van der Waals surface area contributed by atoms with Crippen LogP contribution in [0, 0.1) is 0 Å². The SMILES string of the molecule is C[C@H](NC(=O)c1ccc(Cl)cc1N=CN(C)C)C(=O)O. The standard InChI is InChI=1S/C13H16ClN3O3/c1-8(13(19)20)16-12(18)10-5-4-9(14)6-11(10)15-7-17(2)3/h4-8H,1-3H3,(H,16,18)(H,19,20)/t8-/m0/s1. The molecular weight excluding hydrogens is 282 g/mol. The minimum Gasteiger partial charge on any atom is -0.480 e. The van der Waals surface area contributed by atoms with Crippen LogP contribution >= 0.6 is 11.6 Å². The van der Waals surface area contributed by atoms with Crippen molar-refractivity contribution in [2.24, 2.45) is 4.99 Å². The number of hydrogen-bond acceptors (Lipinski definition) is 3. The summed E-state index contributed by atoms with van der Waals surface area (Å²) in [7, 11) is 3.58. The van der Waals surface area contributed by atoms with Gasteiger partial charge in [0, 0.05) is 19.1 Å². The number of rotatable bonds is 5. The molecule has 1 amide bonds. The quantitative estimate of drug-likeness (QED) is 0.641. The first-order chi connectivity index (χ1) is 9.31. The molecule has 0 saturated carbocycles. The maximum absolute atomic E-state index is 12.0. The number of carbonyl (C=O) groups is 2. The van der Waals surface area contributed by atoms with Crippen LogP contribution in [-0.4, -0.2) is 48.4 Å². The van der Waals surface area contributed by atoms with Crippen LogP contribution in [0.3, 0.4) is 0 Å². The van der Waals surface area contributed by atoms with Gasteiger partial charge in [-0.1, -0.05) is 11.6 Å². The van der Waals surface area contributed by atoms with E-state index >= 15 is 0 Å². The minimum absolute atomic E-state index is 0.264. The number of carboxylic acid groups (broad SMARTS) is 1. The molecule has 0 fully saturated rings. The lowest BCUT2D eigenvalue weighted by atomic mass is 10.1. The first-order valence-electron chi connectivity index (χ1n) is 5.85. The van der Waals surface area contributed by atoms with Crippen LogP contribution in [0.15, 0.2) is 23.2 Å². The zero-order valence-electron chi connectivity index (χ0n) is 11.4. The Bertz CT molecular complexity index is 544. The van der Waals surface area contributed by atoms with E-state index in [1.807, 2.05) is 0 Å². The molecule has 0 heterocycles. The predicted molar refractivity (Wildman–Crippen MR) is 77.9 cm³/mol. The van der Waals surface area contributed by atoms with Crippen molar-refractivity contribution < 1.29 is 14.7 Å². The van der Waals surface area contributed by atoms with Crippen molar-refractivity contribution in [1.29, 1.82) is 0 Å². The maximum Gasteiger partial charge on any atom is 0.325 e. The van der Waals surface area contributed by atoms with E-state index in [9.17, 15) is 9.59 Å². The molecule has 0 unspecified atom stereocenters. The molecule has 0 aromatic heterocycles. The van der Waals surface area contributed by atoms with Gasteiger partial charge in [-0.15, -0.1) is 0 Å². The van der Waals surface area contributed by atoms with Gasteiger partial charge in [-0.2, -0.15) is 0 Å². The summed E-state index contributed by atoms with van der Waals surface area (Å²) in [5.74, 6) is -1.62. The average Bonchev–Trinajstić information content (AvgIpc) is 2.35. The first-order valence-corrected chi connectivity index (χ1v) is 6.23. The van der Waals surface area contributed by atoms with Crippen LogP contribution < -0.4 is 5.32 Å². The Morgan fingerprint density at radius 2 is 2.10 bits per heavy atom. The zero-order valence-corrected chi connectivity index (χ0v) is 12.2. The van der Waals surface area contributed by atoms with Crippen molar-refractivity contribution in [1.82, 2.24) is 10.2 Å². The molecule has 108 valence electrons. The molecule has 7 heteroatoms. The Morgan fingerprint density at radius 1 is 1.45 bits per heavy atom. The number of carboxylic acids is 1. The molecule has 0 bridgehead atoms. The van der Waals surface area contributed by atoms with E-state index in [2.05, 4.69) is 10.3 Å². The summed E-state index contributed by atoms with van der Waals surface area (Å²) in [4.78, 5) is 28.6. The second-order valence-corrected chi connectivity index (χ2v) is 4.84. The molecule has 0 spiro atoms. The van der Waals surface area contributed by atoms with E-state index in [0.29, 0.717) is 10.7 Å². The molecule has 6 nitrogen and oxygen atoms in total. The van der Waals surface area contributed by atoms with Crippen LogP contribution in [0.1, 0.15) is 17.3 Å². The first kappa shape index (κ1) is 16.0. The van der Waals surface area contributed by atoms with E-state index in [1.54, 1.807) is 31.1 Å². The summed E-state index contributed by atoms with van der Waals surface area (Å²) < 4.78 is 0. The molecule has 2 N–H and O–H groups in total. The van der Waals surface area contributed by atoms with Gasteiger partial charge in [-0.3, -0.25) is 9.59 Å². The summed E-state index contributed by atoms with van der Waals surface area (Å²) in [5.41, 5.74) is 0.641. The van der Waals surface area contributed by atoms with Crippen LogP contribution in [0.2, 0.25) is 5.02 Å². The van der Waals surface area contributed by atoms with Gasteiger partial charge < -0.3 is 15.3 Å². The van der Waals surface area contributed by atoms with Crippen LogP contribution in [0.25, 0.3) is 0 Å². The number of aliphatic imine (C=N–C) groups is 1. The normalized spacial score (nSPS) is 12.2. The molecule has 0 aliphatic heterocycles. The molecule has 1 rings (SSSR count). The molecule has 1 atom stereocenters. The van der Waals surface area contributed by atoms with E-state index in [4.69, 9.17) is 16.7 Å². The van der Waals surface area contributed by atoms with Crippen LogP contribution in [-0.2, 0) is 4.79 Å². The van der Waals surface area contributed by atoms with Crippen molar-refractivity contribution in [3.63, 3.8) is 0 Å². The van der Waals surface area contributed by atoms with Gasteiger partial charge in [0.25, 0.3) is 5.91 Å². The minimum atomic E-state index is -1.11. The highest BCUT2D eigenvalue weighted by molar-refractivity contribution is 6.31. The summed E-state index contributed by atoms with van der Waals surface area (Å²) in [5, 5.41) is 11.6. The smallest absolute Gasteiger partial charge is 0.325 e. The number of amides is 1. The molecule has 0 radical (unpaired) electrons. The second kappa shape index (κ2) is 6.91. The monoisotopic (exact) mass is 297 g/mol. The van der Waals surface area contributed by atoms with E-state index < -0.39 is 17.9 Å². The molecule has 0 aliphatic rings. The molecule has 0 aliphatic carbocycles. The van der Waals surface area contributed by atoms with Crippen molar-refractivity contribution in [2.45, 2.75) is 13.0 Å². The van der Waals surface area contributed by atoms with Crippen molar-refractivity contribution in [3.8, 4) is 0 Å². The Morgan fingerprint density at radius 3 is 2.65 bits per heavy atom. The average molecular weight is 298 g/mol. The van der Waals surface area contributed by atoms with Crippen LogP contribution in [0.5, 0.6) is 0 Å². The van der Waals surface area contributed by atoms with Crippen molar-refractivity contribution in [2.75, 3.05) is 14.1 Å². The number of nitrogens with one attached hydrogen (secondary N) is 1. The fraction of sp³-hybridized carbons (Fsp3) is 0.308. The second-order valence-electron chi connectivity index (χ2n) is 4.40. The van der Waals surface area contributed by atoms with Gasteiger partial charge in [-0.25, -0.2) is 4.99 Å². The van der Waals surface area contributed by atoms with Gasteiger partial charge in [-0.05, 0) is 25.1 Å². The van der Waals surface area contributed by atoms with E-state index in [1.165, 1.54) is 19.3 Å². The van der Waals surface area contributed by atoms with Crippen molar-refractivity contribution >= 4 is 35.5 Å². The molecule has 1 aromatic carbocycles. The Labute approximate surface area is 122 Å². The number of aliphatic carboxylic acids is 1. The molecule has 0 saturated heterocycles. The summed E-state index contributed by atoms with van der Waals surface area (Å²) in [6.07, 6.45) is 1.53. The number of halogens is 1. The fourth-order valence-corrected chi connectivity index (χ4v) is 1.48. The van der Waals surface area contributed by atoms with Gasteiger partial charge in [0.2, 0.25) is 0 Å². The highest BCUT2D eigenvalue weighted by Crippen LogP contribution is 2.23. The third-order valence-corrected chi connectivity index (χ3v) is 2.59. The third kappa shape index (κ3) is 4.55. The van der Waals surface area contributed by atoms with Gasteiger partial charge in [0.15, 0.2) is 0 Å². The van der Waals surface area contributed by atoms with E-state index in [-0.39, 0.29) is 5.56 Å². The zero-order chi connectivity index (χ0) is 15.3. The van der Waals surface area contributed by atoms with E-state index in [0.717, 1.165) is 0 Å². The Balaban J connectivity index is 3.04. The lowest BCUT2D eigenvalue weighted by Crippen LogP contribution is -2.38. The largest absolute Gasteiger partial charge is 0.480 e. The summed E-state index contributed by atoms with van der Waals surface area (Å²) in [6, 6.07) is 3.62. The topological polar surface area (TPSA) is 82.0 Å². The van der Waals surface area contributed by atoms with Crippen molar-refractivity contribution in [3.05, 3.63) is 28.8 Å². The lowest BCUT2D eigenvalue weighted by molar-refractivity contribution is -0.138. The predicted octanol–water partition coefficient (Wildman–Crippen LogP) is 1.76. The number of nitrogens with zero attached hydrogens (tertiary/aromatic N) is 2. The third-order valence-electron chi connectivity index (χ3n) is 2.35. The molecular formula is C13H16ClN3O3. The fourth-order valence-electron chi connectivity index (χ4n) is 1.32. The van der Waals surface area contributed by atoms with Gasteiger partial charge in [0.1, 0.15) is 6.04 Å². The number of benzene rings is 1. The highest BCUT2D eigenvalue weighted by atomic mass is 35.5. The van der Waals surface area contributed by atoms with Gasteiger partial charge >= 0.3 is 5.97 Å². The Kier molecular flexibility index (Phi) is 5.52. The number of carbonyl (C=O) groups excluding carboxylic acids is 1. The van der Waals surface area contributed by atoms with Gasteiger partial charge in [0.05, 0.1) is 17.6 Å². The summed E-state index contributed by atoms with van der Waals surface area (Å²) in [6.45, 7) is 1.39. The molecule has 20 heavy (non-hydrogen) atoms. The molecule has 1 aromatic rings. The lowest BCUT2D eigenvalue weighted by Gasteiger charge is -2.11. The number of hydrogen-bond donors (Lipinski definition) is 2. The maximum atomic E-state index is 12.0. The highest BCUT2D eigenvalue weighted by Gasteiger charge is 2.17.